The lowest BCUT2D eigenvalue weighted by atomic mass is 10.1. The second-order valence-electron chi connectivity index (χ2n) is 3.80. The van der Waals surface area contributed by atoms with Crippen LogP contribution in [0.5, 0.6) is 5.88 Å². The summed E-state index contributed by atoms with van der Waals surface area (Å²) in [6.45, 7) is 0.193. The first kappa shape index (κ1) is 15.3. The van der Waals surface area contributed by atoms with Gasteiger partial charge in [0.1, 0.15) is 10.4 Å². The molecule has 20 heavy (non-hydrogen) atoms. The molecule has 0 spiro atoms. The van der Waals surface area contributed by atoms with Crippen molar-refractivity contribution in [2.75, 3.05) is 12.3 Å². The summed E-state index contributed by atoms with van der Waals surface area (Å²) in [6.07, 6.45) is 1.78. The van der Waals surface area contributed by atoms with Gasteiger partial charge in [-0.3, -0.25) is 0 Å². The minimum atomic E-state index is -0.521. The minimum absolute atomic E-state index is 0.00519. The van der Waals surface area contributed by atoms with E-state index in [1.54, 1.807) is 0 Å². The van der Waals surface area contributed by atoms with Gasteiger partial charge in [-0.25, -0.2) is 14.4 Å². The molecule has 1 heterocycles. The van der Waals surface area contributed by atoms with Gasteiger partial charge in [-0.1, -0.05) is 23.2 Å². The van der Waals surface area contributed by atoms with Crippen molar-refractivity contribution in [2.24, 2.45) is 0 Å². The van der Waals surface area contributed by atoms with E-state index in [1.165, 1.54) is 18.3 Å². The number of nitrogens with two attached hydrogens (primary N) is 1. The van der Waals surface area contributed by atoms with Crippen molar-refractivity contribution in [3.63, 3.8) is 0 Å². The molecule has 0 bridgehead atoms. The second kappa shape index (κ2) is 6.56. The van der Waals surface area contributed by atoms with Gasteiger partial charge in [0.15, 0.2) is 5.82 Å². The molecule has 2 aromatic rings. The van der Waals surface area contributed by atoms with Crippen LogP contribution in [0.4, 0.5) is 10.2 Å². The first-order chi connectivity index (χ1) is 9.49. The van der Waals surface area contributed by atoms with Gasteiger partial charge in [-0.2, -0.15) is 0 Å². The third-order valence-electron chi connectivity index (χ3n) is 2.47. The molecule has 106 valence electrons. The Kier molecular flexibility index (Phi) is 5.01. The number of hydrogen-bond acceptors (Lipinski definition) is 4. The summed E-state index contributed by atoms with van der Waals surface area (Å²) in [7, 11) is 0. The highest BCUT2D eigenvalue weighted by Crippen LogP contribution is 2.28. The highest BCUT2D eigenvalue weighted by atomic mass is 79.9. The maximum atomic E-state index is 13.3. The van der Waals surface area contributed by atoms with Crippen LogP contribution in [0.2, 0.25) is 10.0 Å². The largest absolute Gasteiger partial charge is 0.475 e. The molecule has 0 saturated carbocycles. The van der Waals surface area contributed by atoms with E-state index >= 15 is 0 Å². The van der Waals surface area contributed by atoms with E-state index < -0.39 is 5.82 Å². The fraction of sp³-hybridized carbons (Fsp3) is 0.167. The lowest BCUT2D eigenvalue weighted by molar-refractivity contribution is 0.309. The van der Waals surface area contributed by atoms with Crippen molar-refractivity contribution in [3.05, 3.63) is 44.4 Å². The van der Waals surface area contributed by atoms with Gasteiger partial charge in [0.05, 0.1) is 17.8 Å². The van der Waals surface area contributed by atoms with Crippen molar-refractivity contribution in [2.45, 2.75) is 6.42 Å². The lowest BCUT2D eigenvalue weighted by Gasteiger charge is -2.10. The van der Waals surface area contributed by atoms with E-state index in [-0.39, 0.29) is 23.3 Å². The van der Waals surface area contributed by atoms with Crippen LogP contribution in [0.3, 0.4) is 0 Å². The Hall–Kier alpha value is -1.11. The van der Waals surface area contributed by atoms with E-state index in [9.17, 15) is 4.39 Å². The van der Waals surface area contributed by atoms with Gasteiger partial charge in [0.2, 0.25) is 0 Å². The summed E-state index contributed by atoms with van der Waals surface area (Å²) in [5, 5.41) is 0.377. The number of halogens is 4. The zero-order valence-electron chi connectivity index (χ0n) is 10.0. The number of benzene rings is 1. The smallest absolute Gasteiger partial charge is 0.258 e. The Morgan fingerprint density at radius 3 is 2.85 bits per heavy atom. The number of hydrogen-bond donors (Lipinski definition) is 1. The van der Waals surface area contributed by atoms with Gasteiger partial charge in [-0.05, 0) is 33.6 Å². The molecule has 0 fully saturated rings. The SMILES string of the molecule is Nc1ncc(Br)nc1OCCc1c(Cl)ccc(F)c1Cl. The lowest BCUT2D eigenvalue weighted by Crippen LogP contribution is -2.07. The molecule has 8 heteroatoms. The van der Waals surface area contributed by atoms with Crippen LogP contribution in [0, 0.1) is 5.82 Å². The third-order valence-corrected chi connectivity index (χ3v) is 3.61. The average molecular weight is 381 g/mol. The standard InChI is InChI=1S/C12H9BrCl2FN3O/c13-9-5-18-11(17)12(19-9)20-4-3-6-7(14)1-2-8(16)10(6)15/h1-2,5H,3-4H2,(H2,17,18). The number of aromatic nitrogens is 2. The first-order valence-corrected chi connectivity index (χ1v) is 7.07. The van der Waals surface area contributed by atoms with Crippen LogP contribution in [0.15, 0.2) is 22.9 Å². The molecule has 0 radical (unpaired) electrons. The zero-order valence-corrected chi connectivity index (χ0v) is 13.1. The number of anilines is 1. The fourth-order valence-corrected chi connectivity index (χ4v) is 2.34. The highest BCUT2D eigenvalue weighted by Gasteiger charge is 2.12. The molecule has 0 aliphatic carbocycles. The minimum Gasteiger partial charge on any atom is -0.475 e. The molecule has 0 aliphatic heterocycles. The van der Waals surface area contributed by atoms with Gasteiger partial charge < -0.3 is 10.5 Å². The summed E-state index contributed by atoms with van der Waals surface area (Å²) >= 11 is 15.0. The van der Waals surface area contributed by atoms with Crippen LogP contribution in [-0.4, -0.2) is 16.6 Å². The van der Waals surface area contributed by atoms with E-state index in [0.29, 0.717) is 21.6 Å². The molecule has 1 aromatic carbocycles. The van der Waals surface area contributed by atoms with Gasteiger partial charge in [0.25, 0.3) is 5.88 Å². The Morgan fingerprint density at radius 1 is 1.35 bits per heavy atom. The molecule has 0 atom stereocenters. The van der Waals surface area contributed by atoms with Gasteiger partial charge in [-0.15, -0.1) is 0 Å². The van der Waals surface area contributed by atoms with E-state index in [0.717, 1.165) is 0 Å². The molecule has 0 aliphatic rings. The summed E-state index contributed by atoms with van der Waals surface area (Å²) in [5.41, 5.74) is 6.10. The van der Waals surface area contributed by atoms with Crippen LogP contribution in [-0.2, 0) is 6.42 Å². The maximum Gasteiger partial charge on any atom is 0.258 e. The van der Waals surface area contributed by atoms with Crippen molar-refractivity contribution >= 4 is 44.9 Å². The van der Waals surface area contributed by atoms with Crippen molar-refractivity contribution in [1.82, 2.24) is 9.97 Å². The first-order valence-electron chi connectivity index (χ1n) is 5.52. The van der Waals surface area contributed by atoms with Crippen LogP contribution >= 0.6 is 39.1 Å². The molecule has 2 N–H and O–H groups in total. The predicted molar refractivity (Wildman–Crippen MR) is 79.8 cm³/mol. The summed E-state index contributed by atoms with van der Waals surface area (Å²) in [6, 6.07) is 2.66. The second-order valence-corrected chi connectivity index (χ2v) is 5.40. The van der Waals surface area contributed by atoms with Gasteiger partial charge >= 0.3 is 0 Å². The topological polar surface area (TPSA) is 61.0 Å². The Morgan fingerprint density at radius 2 is 2.10 bits per heavy atom. The number of ether oxygens (including phenoxy) is 1. The Balaban J connectivity index is 2.07. The highest BCUT2D eigenvalue weighted by molar-refractivity contribution is 9.10. The zero-order chi connectivity index (χ0) is 14.7. The average Bonchev–Trinajstić information content (AvgIpc) is 2.42. The molecule has 0 saturated heterocycles. The molecule has 0 amide bonds. The van der Waals surface area contributed by atoms with Crippen LogP contribution in [0.25, 0.3) is 0 Å². The molecule has 0 unspecified atom stereocenters. The molecule has 4 nitrogen and oxygen atoms in total. The predicted octanol–water partition coefficient (Wildman–Crippen LogP) is 3.89. The summed E-state index contributed by atoms with van der Waals surface area (Å²) < 4.78 is 19.3. The van der Waals surface area contributed by atoms with Gasteiger partial charge in [0, 0.05) is 11.4 Å². The number of rotatable bonds is 4. The Bertz CT molecular complexity index is 642. The van der Waals surface area contributed by atoms with Crippen LogP contribution in [0.1, 0.15) is 5.56 Å². The molecular formula is C12H9BrCl2FN3O. The molecular weight excluding hydrogens is 372 g/mol. The normalized spacial score (nSPS) is 10.6. The third kappa shape index (κ3) is 3.50. The fourth-order valence-electron chi connectivity index (χ4n) is 1.52. The maximum absolute atomic E-state index is 13.3. The van der Waals surface area contributed by atoms with Crippen LogP contribution < -0.4 is 10.5 Å². The van der Waals surface area contributed by atoms with Crippen molar-refractivity contribution in [3.8, 4) is 5.88 Å². The summed E-state index contributed by atoms with van der Waals surface area (Å²) in [4.78, 5) is 7.92. The molecule has 2 rings (SSSR count). The molecule has 1 aromatic heterocycles. The van der Waals surface area contributed by atoms with Crippen molar-refractivity contribution in [1.29, 1.82) is 0 Å². The van der Waals surface area contributed by atoms with E-state index in [4.69, 9.17) is 33.7 Å². The quantitative estimate of drug-likeness (QED) is 0.817. The monoisotopic (exact) mass is 379 g/mol. The summed E-state index contributed by atoms with van der Waals surface area (Å²) in [5.74, 6) is -0.152. The Labute approximate surface area is 133 Å². The van der Waals surface area contributed by atoms with E-state index in [2.05, 4.69) is 25.9 Å². The number of nitrogens with zero attached hydrogens (tertiary/aromatic N) is 2. The van der Waals surface area contributed by atoms with E-state index in [1.807, 2.05) is 0 Å². The number of nitrogen functional groups attached to an aromatic ring is 1. The van der Waals surface area contributed by atoms with Crippen molar-refractivity contribution < 1.29 is 9.13 Å².